The van der Waals surface area contributed by atoms with Crippen molar-refractivity contribution in [2.45, 2.75) is 71.6 Å². The summed E-state index contributed by atoms with van der Waals surface area (Å²) in [4.78, 5) is 26.3. The highest BCUT2D eigenvalue weighted by molar-refractivity contribution is 5.79. The first-order valence-electron chi connectivity index (χ1n) is 10.8. The van der Waals surface area contributed by atoms with E-state index in [-0.39, 0.29) is 19.0 Å². The number of primary amides is 1. The fourth-order valence-electron chi connectivity index (χ4n) is 3.77. The van der Waals surface area contributed by atoms with Crippen LogP contribution in [0.15, 0.2) is 42.5 Å². The lowest BCUT2D eigenvalue weighted by molar-refractivity contribution is -0.162. The lowest BCUT2D eigenvalue weighted by Gasteiger charge is -2.29. The average Bonchev–Trinajstić information content (AvgIpc) is 3.15. The van der Waals surface area contributed by atoms with E-state index in [9.17, 15) is 14.7 Å². The van der Waals surface area contributed by atoms with Gasteiger partial charge in [0.15, 0.2) is 0 Å². The van der Waals surface area contributed by atoms with Gasteiger partial charge < -0.3 is 20.3 Å². The average molecular weight is 441 g/mol. The van der Waals surface area contributed by atoms with Crippen LogP contribution in [0, 0.1) is 0 Å². The second-order valence-corrected chi connectivity index (χ2v) is 9.12. The topological polar surface area (TPSA) is 102 Å². The molecule has 1 heterocycles. The van der Waals surface area contributed by atoms with Crippen molar-refractivity contribution in [2.24, 2.45) is 5.73 Å². The molecule has 0 fully saturated rings. The Morgan fingerprint density at radius 2 is 1.78 bits per heavy atom. The third-order valence-corrected chi connectivity index (χ3v) is 5.35. The van der Waals surface area contributed by atoms with E-state index in [0.717, 1.165) is 28.0 Å². The Kier molecular flexibility index (Phi) is 7.53. The van der Waals surface area contributed by atoms with Crippen LogP contribution in [0.3, 0.4) is 0 Å². The molecule has 1 unspecified atom stereocenters. The molecule has 2 aromatic rings. The molecule has 1 aliphatic heterocycles. The van der Waals surface area contributed by atoms with Crippen molar-refractivity contribution in [3.63, 3.8) is 0 Å². The van der Waals surface area contributed by atoms with Gasteiger partial charge in [-0.25, -0.2) is 0 Å². The Morgan fingerprint density at radius 1 is 1.09 bits per heavy atom. The van der Waals surface area contributed by atoms with Crippen LogP contribution in [-0.2, 0) is 40.6 Å². The third kappa shape index (κ3) is 6.31. The molecule has 1 amide bonds. The molecule has 3 N–H and O–H groups in total. The standard InChI is InChI=1S/C25H32N2O5/c1-25(2,3)32-24(30)21(11-12-23(26)29)27-13-19-5-4-6-22(20(19)14-27)31-16-18-9-7-17(15-28)8-10-18/h4-10,21,28H,11-16H2,1-3H3,(H2,26,29). The first kappa shape index (κ1) is 23.8. The number of nitrogens with two attached hydrogens (primary N) is 1. The number of carbonyl (C=O) groups is 2. The van der Waals surface area contributed by atoms with Crippen LogP contribution in [0.5, 0.6) is 5.75 Å². The monoisotopic (exact) mass is 440 g/mol. The van der Waals surface area contributed by atoms with Crippen molar-refractivity contribution in [1.29, 1.82) is 0 Å². The van der Waals surface area contributed by atoms with Crippen molar-refractivity contribution < 1.29 is 24.2 Å². The molecule has 7 nitrogen and oxygen atoms in total. The van der Waals surface area contributed by atoms with E-state index in [1.807, 2.05) is 68.1 Å². The molecule has 0 aromatic heterocycles. The number of esters is 1. The maximum atomic E-state index is 12.9. The van der Waals surface area contributed by atoms with Gasteiger partial charge in [-0.1, -0.05) is 36.4 Å². The van der Waals surface area contributed by atoms with Gasteiger partial charge in [-0.2, -0.15) is 0 Å². The van der Waals surface area contributed by atoms with Gasteiger partial charge in [0.1, 0.15) is 24.0 Å². The lowest BCUT2D eigenvalue weighted by Crippen LogP contribution is -2.42. The van der Waals surface area contributed by atoms with Crippen LogP contribution in [0.4, 0.5) is 0 Å². The number of hydrogen-bond acceptors (Lipinski definition) is 6. The second-order valence-electron chi connectivity index (χ2n) is 9.12. The zero-order valence-electron chi connectivity index (χ0n) is 19.0. The summed E-state index contributed by atoms with van der Waals surface area (Å²) in [5.74, 6) is -0.0152. The molecule has 2 aromatic carbocycles. The number of rotatable bonds is 9. The smallest absolute Gasteiger partial charge is 0.323 e. The zero-order valence-corrected chi connectivity index (χ0v) is 19.0. The first-order valence-corrected chi connectivity index (χ1v) is 10.8. The van der Waals surface area contributed by atoms with E-state index < -0.39 is 17.6 Å². The van der Waals surface area contributed by atoms with Crippen LogP contribution in [0.2, 0.25) is 0 Å². The number of carbonyl (C=O) groups excluding carboxylic acids is 2. The third-order valence-electron chi connectivity index (χ3n) is 5.35. The summed E-state index contributed by atoms with van der Waals surface area (Å²) >= 11 is 0. The summed E-state index contributed by atoms with van der Waals surface area (Å²) < 4.78 is 11.7. The molecule has 32 heavy (non-hydrogen) atoms. The number of nitrogens with zero attached hydrogens (tertiary/aromatic N) is 1. The normalized spacial score (nSPS) is 14.6. The Morgan fingerprint density at radius 3 is 2.41 bits per heavy atom. The highest BCUT2D eigenvalue weighted by Gasteiger charge is 2.35. The molecule has 0 saturated heterocycles. The van der Waals surface area contributed by atoms with Crippen LogP contribution in [0.1, 0.15) is 55.9 Å². The van der Waals surface area contributed by atoms with Crippen LogP contribution < -0.4 is 10.5 Å². The van der Waals surface area contributed by atoms with Gasteiger partial charge in [-0.15, -0.1) is 0 Å². The number of aliphatic hydroxyl groups is 1. The van der Waals surface area contributed by atoms with Gasteiger partial charge in [0.25, 0.3) is 0 Å². The number of benzene rings is 2. The number of hydrogen-bond donors (Lipinski definition) is 2. The molecule has 0 saturated carbocycles. The molecule has 0 radical (unpaired) electrons. The zero-order chi connectivity index (χ0) is 23.3. The predicted molar refractivity (Wildman–Crippen MR) is 120 cm³/mol. The summed E-state index contributed by atoms with van der Waals surface area (Å²) in [6.45, 7) is 6.99. The number of ether oxygens (including phenoxy) is 2. The number of aliphatic hydroxyl groups excluding tert-OH is 1. The van der Waals surface area contributed by atoms with E-state index in [0.29, 0.717) is 26.1 Å². The molecular weight excluding hydrogens is 408 g/mol. The molecule has 3 rings (SSSR count). The lowest BCUT2D eigenvalue weighted by atomic mass is 10.1. The van der Waals surface area contributed by atoms with Gasteiger partial charge in [0.05, 0.1) is 6.61 Å². The Balaban J connectivity index is 1.73. The fourth-order valence-corrected chi connectivity index (χ4v) is 3.77. The minimum absolute atomic E-state index is 0.0116. The van der Waals surface area contributed by atoms with E-state index in [2.05, 4.69) is 0 Å². The SMILES string of the molecule is CC(C)(C)OC(=O)C(CCC(N)=O)N1Cc2cccc(OCc3ccc(CO)cc3)c2C1. The van der Waals surface area contributed by atoms with Crippen molar-refractivity contribution in [3.8, 4) is 5.75 Å². The molecule has 172 valence electrons. The summed E-state index contributed by atoms with van der Waals surface area (Å²) in [5, 5.41) is 9.19. The van der Waals surface area contributed by atoms with E-state index in [4.69, 9.17) is 15.2 Å². The Bertz CT molecular complexity index is 950. The van der Waals surface area contributed by atoms with E-state index in [1.165, 1.54) is 0 Å². The largest absolute Gasteiger partial charge is 0.489 e. The maximum Gasteiger partial charge on any atom is 0.323 e. The molecule has 0 aliphatic carbocycles. The molecule has 0 bridgehead atoms. The quantitative estimate of drug-likeness (QED) is 0.581. The van der Waals surface area contributed by atoms with E-state index >= 15 is 0 Å². The number of amides is 1. The summed E-state index contributed by atoms with van der Waals surface area (Å²) in [6, 6.07) is 13.0. The minimum Gasteiger partial charge on any atom is -0.489 e. The molecule has 7 heteroatoms. The van der Waals surface area contributed by atoms with Crippen LogP contribution in [0.25, 0.3) is 0 Å². The molecule has 1 atom stereocenters. The molecule has 1 aliphatic rings. The van der Waals surface area contributed by atoms with Crippen molar-refractivity contribution in [3.05, 3.63) is 64.7 Å². The van der Waals surface area contributed by atoms with E-state index in [1.54, 1.807) is 0 Å². The van der Waals surface area contributed by atoms with Crippen molar-refractivity contribution in [2.75, 3.05) is 0 Å². The van der Waals surface area contributed by atoms with Gasteiger partial charge in [0, 0.05) is 25.1 Å². The van der Waals surface area contributed by atoms with Gasteiger partial charge in [-0.05, 0) is 49.9 Å². The molecule has 0 spiro atoms. The van der Waals surface area contributed by atoms with Crippen LogP contribution in [-0.4, -0.2) is 33.5 Å². The minimum atomic E-state index is -0.617. The molecular formula is C25H32N2O5. The fraction of sp³-hybridized carbons (Fsp3) is 0.440. The van der Waals surface area contributed by atoms with Crippen molar-refractivity contribution in [1.82, 2.24) is 4.90 Å². The maximum absolute atomic E-state index is 12.9. The summed E-state index contributed by atoms with van der Waals surface area (Å²) in [7, 11) is 0. The van der Waals surface area contributed by atoms with Gasteiger partial charge in [-0.3, -0.25) is 14.5 Å². The highest BCUT2D eigenvalue weighted by atomic mass is 16.6. The summed E-state index contributed by atoms with van der Waals surface area (Å²) in [6.07, 6.45) is 0.426. The van der Waals surface area contributed by atoms with Gasteiger partial charge in [0.2, 0.25) is 5.91 Å². The first-order chi connectivity index (χ1) is 15.2. The van der Waals surface area contributed by atoms with Gasteiger partial charge >= 0.3 is 5.97 Å². The number of fused-ring (bicyclic) bond motifs is 1. The van der Waals surface area contributed by atoms with Crippen LogP contribution >= 0.6 is 0 Å². The highest BCUT2D eigenvalue weighted by Crippen LogP contribution is 2.34. The van der Waals surface area contributed by atoms with Crippen molar-refractivity contribution >= 4 is 11.9 Å². The second kappa shape index (κ2) is 10.1. The summed E-state index contributed by atoms with van der Waals surface area (Å²) in [5.41, 5.74) is 8.71. The predicted octanol–water partition coefficient (Wildman–Crippen LogP) is 3.05. The Hall–Kier alpha value is -2.90. The Labute approximate surface area is 189 Å².